The molecule has 2 nitrogen and oxygen atoms in total. The molecule has 1 saturated heterocycles. The third kappa shape index (κ3) is 3.97. The third-order valence-corrected chi connectivity index (χ3v) is 5.13. The van der Waals surface area contributed by atoms with Crippen molar-refractivity contribution in [1.82, 2.24) is 5.32 Å². The van der Waals surface area contributed by atoms with Crippen LogP contribution >= 0.6 is 0 Å². The number of para-hydroxylation sites is 2. The summed E-state index contributed by atoms with van der Waals surface area (Å²) in [6, 6.07) is 27.2. The summed E-state index contributed by atoms with van der Waals surface area (Å²) in [5.74, 6) is 2.64. The first-order valence-corrected chi connectivity index (χ1v) is 9.51. The maximum atomic E-state index is 6.42. The SMILES string of the molecule is c1ccc(-c2ccccc2Oc2ccccc2CC2CCNCC2)cc1. The number of rotatable bonds is 5. The van der Waals surface area contributed by atoms with E-state index in [9.17, 15) is 0 Å². The van der Waals surface area contributed by atoms with Crippen LogP contribution in [0.2, 0.25) is 0 Å². The summed E-state index contributed by atoms with van der Waals surface area (Å²) in [7, 11) is 0. The molecule has 0 spiro atoms. The molecule has 0 atom stereocenters. The molecule has 4 rings (SSSR count). The fourth-order valence-corrected chi connectivity index (χ4v) is 3.70. The van der Waals surface area contributed by atoms with E-state index in [1.165, 1.54) is 24.0 Å². The molecule has 2 heteroatoms. The van der Waals surface area contributed by atoms with Gasteiger partial charge >= 0.3 is 0 Å². The minimum Gasteiger partial charge on any atom is -0.456 e. The van der Waals surface area contributed by atoms with E-state index < -0.39 is 0 Å². The average Bonchev–Trinajstić information content (AvgIpc) is 2.71. The van der Waals surface area contributed by atoms with Crippen LogP contribution in [0.3, 0.4) is 0 Å². The maximum Gasteiger partial charge on any atom is 0.135 e. The molecule has 3 aromatic carbocycles. The molecule has 0 aliphatic carbocycles. The van der Waals surface area contributed by atoms with Crippen molar-refractivity contribution in [2.75, 3.05) is 13.1 Å². The molecule has 0 unspecified atom stereocenters. The Morgan fingerprint density at radius 3 is 2.19 bits per heavy atom. The van der Waals surface area contributed by atoms with E-state index in [0.717, 1.165) is 42.5 Å². The van der Waals surface area contributed by atoms with Crippen molar-refractivity contribution >= 4 is 0 Å². The van der Waals surface area contributed by atoms with Crippen molar-refractivity contribution in [3.05, 3.63) is 84.4 Å². The van der Waals surface area contributed by atoms with Gasteiger partial charge in [-0.1, -0.05) is 66.7 Å². The van der Waals surface area contributed by atoms with Crippen molar-refractivity contribution in [1.29, 1.82) is 0 Å². The molecule has 1 N–H and O–H groups in total. The Balaban J connectivity index is 1.60. The van der Waals surface area contributed by atoms with Gasteiger partial charge in [-0.25, -0.2) is 0 Å². The first kappa shape index (κ1) is 16.9. The summed E-state index contributed by atoms with van der Waals surface area (Å²) in [5, 5.41) is 3.45. The fourth-order valence-electron chi connectivity index (χ4n) is 3.70. The number of ether oxygens (including phenoxy) is 1. The highest BCUT2D eigenvalue weighted by Crippen LogP contribution is 2.35. The Kier molecular flexibility index (Phi) is 5.32. The van der Waals surface area contributed by atoms with Gasteiger partial charge in [-0.3, -0.25) is 0 Å². The van der Waals surface area contributed by atoms with E-state index in [1.54, 1.807) is 0 Å². The van der Waals surface area contributed by atoms with Gasteiger partial charge in [0.05, 0.1) is 0 Å². The quantitative estimate of drug-likeness (QED) is 0.643. The molecule has 132 valence electrons. The average molecular weight is 343 g/mol. The van der Waals surface area contributed by atoms with Gasteiger partial charge in [0.2, 0.25) is 0 Å². The van der Waals surface area contributed by atoms with E-state index in [0.29, 0.717) is 0 Å². The minimum absolute atomic E-state index is 0.741. The van der Waals surface area contributed by atoms with Crippen LogP contribution in [0.25, 0.3) is 11.1 Å². The Morgan fingerprint density at radius 1 is 0.731 bits per heavy atom. The van der Waals surface area contributed by atoms with Crippen molar-refractivity contribution in [2.24, 2.45) is 5.92 Å². The zero-order valence-corrected chi connectivity index (χ0v) is 15.0. The standard InChI is InChI=1S/C24H25NO/c1-2-8-20(9-3-1)22-11-5-7-13-24(22)26-23-12-6-4-10-21(23)18-19-14-16-25-17-15-19/h1-13,19,25H,14-18H2. The molecule has 3 aromatic rings. The van der Waals surface area contributed by atoms with E-state index in [2.05, 4.69) is 72.0 Å². The van der Waals surface area contributed by atoms with E-state index in [-0.39, 0.29) is 0 Å². The summed E-state index contributed by atoms with van der Waals surface area (Å²) >= 11 is 0. The van der Waals surface area contributed by atoms with Crippen molar-refractivity contribution in [3.63, 3.8) is 0 Å². The summed E-state index contributed by atoms with van der Waals surface area (Å²) in [6.45, 7) is 2.26. The van der Waals surface area contributed by atoms with Gasteiger partial charge in [-0.15, -0.1) is 0 Å². The zero-order chi connectivity index (χ0) is 17.6. The molecule has 0 saturated carbocycles. The van der Waals surface area contributed by atoms with Crippen LogP contribution in [0, 0.1) is 5.92 Å². The third-order valence-electron chi connectivity index (χ3n) is 5.13. The maximum absolute atomic E-state index is 6.42. The van der Waals surface area contributed by atoms with Crippen LogP contribution < -0.4 is 10.1 Å². The highest BCUT2D eigenvalue weighted by Gasteiger charge is 2.16. The smallest absolute Gasteiger partial charge is 0.135 e. The molecule has 0 bridgehead atoms. The first-order valence-electron chi connectivity index (χ1n) is 9.51. The fraction of sp³-hybridized carbons (Fsp3) is 0.250. The lowest BCUT2D eigenvalue weighted by molar-refractivity contribution is 0.367. The predicted molar refractivity (Wildman–Crippen MR) is 108 cm³/mol. The summed E-state index contributed by atoms with van der Waals surface area (Å²) in [4.78, 5) is 0. The lowest BCUT2D eigenvalue weighted by atomic mass is 9.90. The van der Waals surface area contributed by atoms with Crippen molar-refractivity contribution in [2.45, 2.75) is 19.3 Å². The van der Waals surface area contributed by atoms with Crippen LogP contribution in [0.4, 0.5) is 0 Å². The Morgan fingerprint density at radius 2 is 1.38 bits per heavy atom. The largest absolute Gasteiger partial charge is 0.456 e. The van der Waals surface area contributed by atoms with Gasteiger partial charge in [0.1, 0.15) is 11.5 Å². The lowest BCUT2D eigenvalue weighted by Gasteiger charge is -2.23. The van der Waals surface area contributed by atoms with Crippen LogP contribution in [-0.4, -0.2) is 13.1 Å². The molecule has 1 heterocycles. The second kappa shape index (κ2) is 8.20. The topological polar surface area (TPSA) is 21.3 Å². The van der Waals surface area contributed by atoms with Crippen LogP contribution in [0.1, 0.15) is 18.4 Å². The van der Waals surface area contributed by atoms with Crippen LogP contribution in [-0.2, 0) is 6.42 Å². The second-order valence-corrected chi connectivity index (χ2v) is 6.97. The summed E-state index contributed by atoms with van der Waals surface area (Å²) in [5.41, 5.74) is 3.62. The number of hydrogen-bond donors (Lipinski definition) is 1. The van der Waals surface area contributed by atoms with Crippen LogP contribution in [0.5, 0.6) is 11.5 Å². The molecule has 0 radical (unpaired) electrons. The first-order chi connectivity index (χ1) is 12.9. The van der Waals surface area contributed by atoms with E-state index in [4.69, 9.17) is 4.74 Å². The van der Waals surface area contributed by atoms with Gasteiger partial charge in [-0.2, -0.15) is 0 Å². The highest BCUT2D eigenvalue weighted by molar-refractivity contribution is 5.70. The zero-order valence-electron chi connectivity index (χ0n) is 15.0. The van der Waals surface area contributed by atoms with Crippen LogP contribution in [0.15, 0.2) is 78.9 Å². The Labute approximate surface area is 155 Å². The predicted octanol–water partition coefficient (Wildman–Crippen LogP) is 5.69. The van der Waals surface area contributed by atoms with Gasteiger partial charge in [-0.05, 0) is 61.5 Å². The molecule has 1 aliphatic heterocycles. The second-order valence-electron chi connectivity index (χ2n) is 6.97. The number of benzene rings is 3. The number of nitrogens with one attached hydrogen (secondary N) is 1. The van der Waals surface area contributed by atoms with Gasteiger partial charge in [0.25, 0.3) is 0 Å². The number of hydrogen-bond acceptors (Lipinski definition) is 2. The Hall–Kier alpha value is -2.58. The molecular weight excluding hydrogens is 318 g/mol. The minimum atomic E-state index is 0.741. The molecule has 1 fully saturated rings. The number of piperidine rings is 1. The highest BCUT2D eigenvalue weighted by atomic mass is 16.5. The van der Waals surface area contributed by atoms with Gasteiger partial charge in [0, 0.05) is 5.56 Å². The molecule has 0 amide bonds. The van der Waals surface area contributed by atoms with Crippen molar-refractivity contribution in [3.8, 4) is 22.6 Å². The molecular formula is C24H25NO. The van der Waals surface area contributed by atoms with E-state index >= 15 is 0 Å². The van der Waals surface area contributed by atoms with Gasteiger partial charge < -0.3 is 10.1 Å². The lowest BCUT2D eigenvalue weighted by Crippen LogP contribution is -2.28. The Bertz CT molecular complexity index is 838. The molecule has 26 heavy (non-hydrogen) atoms. The molecule has 1 aliphatic rings. The monoisotopic (exact) mass is 343 g/mol. The van der Waals surface area contributed by atoms with E-state index in [1.807, 2.05) is 12.1 Å². The van der Waals surface area contributed by atoms with Gasteiger partial charge in [0.15, 0.2) is 0 Å². The summed E-state index contributed by atoms with van der Waals surface area (Å²) in [6.07, 6.45) is 3.58. The van der Waals surface area contributed by atoms with Crippen molar-refractivity contribution < 1.29 is 4.74 Å². The molecule has 0 aromatic heterocycles. The normalized spacial score (nSPS) is 14.9. The summed E-state index contributed by atoms with van der Waals surface area (Å²) < 4.78 is 6.42.